The molecule has 1 aromatic heterocycles. The molecule has 6 heteroatoms. The van der Waals surface area contributed by atoms with Crippen molar-refractivity contribution in [3.8, 4) is 0 Å². The van der Waals surface area contributed by atoms with Gasteiger partial charge in [0.15, 0.2) is 0 Å². The van der Waals surface area contributed by atoms with Crippen LogP contribution in [-0.2, 0) is 6.54 Å². The number of aromatic nitrogens is 2. The largest absolute Gasteiger partial charge is 0.295 e. The molecule has 0 N–H and O–H groups in total. The number of benzene rings is 1. The van der Waals surface area contributed by atoms with Crippen molar-refractivity contribution in [3.63, 3.8) is 0 Å². The molecule has 0 fully saturated rings. The van der Waals surface area contributed by atoms with Gasteiger partial charge >= 0.3 is 0 Å². The molecule has 0 atom stereocenters. The summed E-state index contributed by atoms with van der Waals surface area (Å²) in [5, 5.41) is 0.126. The topological polar surface area (TPSA) is 34.9 Å². The zero-order valence-electron chi connectivity index (χ0n) is 8.53. The van der Waals surface area contributed by atoms with Crippen LogP contribution in [0.4, 0.5) is 4.39 Å². The first-order valence-corrected chi connectivity index (χ1v) is 5.89. The molecular formula is C11H7BrClFN2O. The van der Waals surface area contributed by atoms with Gasteiger partial charge in [-0.05, 0) is 18.2 Å². The predicted molar refractivity (Wildman–Crippen MR) is 66.7 cm³/mol. The van der Waals surface area contributed by atoms with Gasteiger partial charge in [0.05, 0.1) is 12.9 Å². The Hall–Kier alpha value is -1.20. The molecule has 2 rings (SSSR count). The Morgan fingerprint density at radius 1 is 1.41 bits per heavy atom. The first kappa shape index (κ1) is 12.3. The third kappa shape index (κ3) is 2.92. The van der Waals surface area contributed by atoms with Crippen molar-refractivity contribution in [1.29, 1.82) is 0 Å². The lowest BCUT2D eigenvalue weighted by atomic mass is 10.2. The number of hydrogen-bond acceptors (Lipinski definition) is 2. The van der Waals surface area contributed by atoms with Gasteiger partial charge in [-0.15, -0.1) is 0 Å². The first-order chi connectivity index (χ1) is 8.06. The Bertz CT molecular complexity index is 615. The number of nitrogens with zero attached hydrogens (tertiary/aromatic N) is 2. The molecule has 0 aliphatic carbocycles. The van der Waals surface area contributed by atoms with Gasteiger partial charge in [0.2, 0.25) is 0 Å². The van der Waals surface area contributed by atoms with Crippen LogP contribution in [-0.4, -0.2) is 9.55 Å². The molecule has 0 saturated carbocycles. The maximum absolute atomic E-state index is 13.5. The van der Waals surface area contributed by atoms with Gasteiger partial charge in [0.1, 0.15) is 11.0 Å². The number of hydrogen-bond donors (Lipinski definition) is 0. The van der Waals surface area contributed by atoms with Crippen molar-refractivity contribution >= 4 is 27.5 Å². The van der Waals surface area contributed by atoms with E-state index in [0.717, 1.165) is 4.47 Å². The van der Waals surface area contributed by atoms with E-state index in [0.29, 0.717) is 5.56 Å². The lowest BCUT2D eigenvalue weighted by Crippen LogP contribution is -2.20. The smallest absolute Gasteiger partial charge is 0.255 e. The Morgan fingerprint density at radius 2 is 2.18 bits per heavy atom. The molecule has 0 radical (unpaired) electrons. The van der Waals surface area contributed by atoms with Crippen molar-refractivity contribution in [2.75, 3.05) is 0 Å². The summed E-state index contributed by atoms with van der Waals surface area (Å²) >= 11 is 8.82. The summed E-state index contributed by atoms with van der Waals surface area (Å²) in [5.74, 6) is -0.366. The summed E-state index contributed by atoms with van der Waals surface area (Å²) in [6.07, 6.45) is 1.30. The third-order valence-electron chi connectivity index (χ3n) is 2.19. The highest BCUT2D eigenvalue weighted by atomic mass is 79.9. The Balaban J connectivity index is 2.38. The van der Waals surface area contributed by atoms with Crippen molar-refractivity contribution in [2.45, 2.75) is 6.54 Å². The molecule has 3 nitrogen and oxygen atoms in total. The van der Waals surface area contributed by atoms with Gasteiger partial charge in [0, 0.05) is 16.1 Å². The Morgan fingerprint density at radius 3 is 2.88 bits per heavy atom. The van der Waals surface area contributed by atoms with E-state index in [1.165, 1.54) is 23.0 Å². The summed E-state index contributed by atoms with van der Waals surface area (Å²) in [7, 11) is 0. The molecule has 0 bridgehead atoms. The lowest BCUT2D eigenvalue weighted by Gasteiger charge is -2.06. The second kappa shape index (κ2) is 4.98. The highest BCUT2D eigenvalue weighted by molar-refractivity contribution is 9.10. The fourth-order valence-corrected chi connectivity index (χ4v) is 1.92. The Labute approximate surface area is 110 Å². The summed E-state index contributed by atoms with van der Waals surface area (Å²) in [4.78, 5) is 15.3. The standard InChI is InChI=1S/C11H7BrClFN2O/c12-8-1-2-9(14)7(3-8)5-16-6-15-10(13)4-11(16)17/h1-4,6H,5H2. The minimum absolute atomic E-state index is 0.119. The van der Waals surface area contributed by atoms with E-state index in [1.807, 2.05) is 0 Å². The monoisotopic (exact) mass is 316 g/mol. The van der Waals surface area contributed by atoms with Crippen LogP contribution < -0.4 is 5.56 Å². The predicted octanol–water partition coefficient (Wildman–Crippen LogP) is 2.85. The lowest BCUT2D eigenvalue weighted by molar-refractivity contribution is 0.593. The van der Waals surface area contributed by atoms with Crippen molar-refractivity contribution < 1.29 is 4.39 Å². The maximum Gasteiger partial charge on any atom is 0.255 e. The van der Waals surface area contributed by atoms with E-state index >= 15 is 0 Å². The third-order valence-corrected chi connectivity index (χ3v) is 2.89. The van der Waals surface area contributed by atoms with Crippen molar-refractivity contribution in [2.24, 2.45) is 0 Å². The number of rotatable bonds is 2. The summed E-state index contributed by atoms with van der Waals surface area (Å²) < 4.78 is 15.5. The molecule has 0 aliphatic rings. The van der Waals surface area contributed by atoms with Crippen molar-refractivity contribution in [1.82, 2.24) is 9.55 Å². The van der Waals surface area contributed by atoms with Crippen LogP contribution in [0.15, 0.2) is 39.9 Å². The SMILES string of the molecule is O=c1cc(Cl)ncn1Cc1cc(Br)ccc1F. The zero-order chi connectivity index (χ0) is 12.4. The summed E-state index contributed by atoms with van der Waals surface area (Å²) in [6.45, 7) is 0.119. The molecule has 0 spiro atoms. The minimum atomic E-state index is -0.366. The van der Waals surface area contributed by atoms with Crippen LogP contribution in [0.2, 0.25) is 5.15 Å². The van der Waals surface area contributed by atoms with Gasteiger partial charge in [0.25, 0.3) is 5.56 Å². The Kier molecular flexibility index (Phi) is 3.59. The van der Waals surface area contributed by atoms with E-state index in [9.17, 15) is 9.18 Å². The summed E-state index contributed by atoms with van der Waals surface area (Å²) in [6, 6.07) is 5.75. The van der Waals surface area contributed by atoms with Gasteiger partial charge in [-0.2, -0.15) is 0 Å². The summed E-state index contributed by atoms with van der Waals surface area (Å²) in [5.41, 5.74) is 0.0926. The fourth-order valence-electron chi connectivity index (χ4n) is 1.37. The van der Waals surface area contributed by atoms with Gasteiger partial charge < -0.3 is 0 Å². The van der Waals surface area contributed by atoms with Crippen molar-refractivity contribution in [3.05, 3.63) is 62.0 Å². The molecule has 17 heavy (non-hydrogen) atoms. The molecule has 0 amide bonds. The fraction of sp³-hybridized carbons (Fsp3) is 0.0909. The van der Waals surface area contributed by atoms with Crippen LogP contribution in [0.25, 0.3) is 0 Å². The van der Waals surface area contributed by atoms with E-state index in [2.05, 4.69) is 20.9 Å². The second-order valence-electron chi connectivity index (χ2n) is 3.41. The highest BCUT2D eigenvalue weighted by Crippen LogP contribution is 2.16. The zero-order valence-corrected chi connectivity index (χ0v) is 10.9. The molecule has 88 valence electrons. The molecule has 1 heterocycles. The molecular weight excluding hydrogens is 310 g/mol. The number of halogens is 3. The van der Waals surface area contributed by atoms with Crippen LogP contribution >= 0.6 is 27.5 Å². The molecule has 0 unspecified atom stereocenters. The first-order valence-electron chi connectivity index (χ1n) is 4.72. The molecule has 0 saturated heterocycles. The van der Waals surface area contributed by atoms with E-state index < -0.39 is 0 Å². The maximum atomic E-state index is 13.5. The average Bonchev–Trinajstić information content (AvgIpc) is 2.27. The van der Waals surface area contributed by atoms with E-state index in [1.54, 1.807) is 12.1 Å². The van der Waals surface area contributed by atoms with Crippen LogP contribution in [0.1, 0.15) is 5.56 Å². The van der Waals surface area contributed by atoms with Gasteiger partial charge in [-0.1, -0.05) is 27.5 Å². The normalized spacial score (nSPS) is 10.5. The average molecular weight is 318 g/mol. The quantitative estimate of drug-likeness (QED) is 0.798. The second-order valence-corrected chi connectivity index (χ2v) is 4.72. The van der Waals surface area contributed by atoms with E-state index in [-0.39, 0.29) is 23.1 Å². The molecule has 1 aromatic carbocycles. The van der Waals surface area contributed by atoms with Gasteiger partial charge in [-0.3, -0.25) is 9.36 Å². The molecule has 0 aliphatic heterocycles. The van der Waals surface area contributed by atoms with Crippen LogP contribution in [0.3, 0.4) is 0 Å². The van der Waals surface area contributed by atoms with Crippen LogP contribution in [0, 0.1) is 5.82 Å². The molecule has 2 aromatic rings. The van der Waals surface area contributed by atoms with Gasteiger partial charge in [-0.25, -0.2) is 9.37 Å². The van der Waals surface area contributed by atoms with Crippen LogP contribution in [0.5, 0.6) is 0 Å². The van der Waals surface area contributed by atoms with E-state index in [4.69, 9.17) is 11.6 Å². The highest BCUT2D eigenvalue weighted by Gasteiger charge is 2.05. The minimum Gasteiger partial charge on any atom is -0.295 e.